The summed E-state index contributed by atoms with van der Waals surface area (Å²) in [5, 5.41) is 1.10. The van der Waals surface area contributed by atoms with Crippen molar-refractivity contribution in [1.29, 1.82) is 0 Å². The van der Waals surface area contributed by atoms with E-state index in [-0.39, 0.29) is 0 Å². The van der Waals surface area contributed by atoms with Crippen LogP contribution in [0, 0.1) is 0 Å². The van der Waals surface area contributed by atoms with Crippen molar-refractivity contribution in [2.24, 2.45) is 7.05 Å². The first-order chi connectivity index (χ1) is 14.3. The van der Waals surface area contributed by atoms with Crippen LogP contribution >= 0.6 is 11.8 Å². The molecule has 1 fully saturated rings. The van der Waals surface area contributed by atoms with Crippen LogP contribution < -0.4 is 0 Å². The third-order valence-electron chi connectivity index (χ3n) is 6.08. The van der Waals surface area contributed by atoms with Crippen LogP contribution in [0.5, 0.6) is 0 Å². The van der Waals surface area contributed by atoms with E-state index < -0.39 is 0 Å². The van der Waals surface area contributed by atoms with E-state index in [2.05, 4.69) is 56.5 Å². The first-order valence-corrected chi connectivity index (χ1v) is 11.4. The van der Waals surface area contributed by atoms with E-state index in [1.165, 1.54) is 16.7 Å². The Kier molecular flexibility index (Phi) is 5.29. The van der Waals surface area contributed by atoms with Gasteiger partial charge in [0.1, 0.15) is 5.82 Å². The van der Waals surface area contributed by atoms with Gasteiger partial charge in [-0.15, -0.1) is 0 Å². The van der Waals surface area contributed by atoms with E-state index in [1.807, 2.05) is 30.4 Å². The van der Waals surface area contributed by atoms with E-state index in [1.54, 1.807) is 5.57 Å². The van der Waals surface area contributed by atoms with Crippen molar-refractivity contribution in [1.82, 2.24) is 24.0 Å². The lowest BCUT2D eigenvalue weighted by atomic mass is 9.90. The maximum Gasteiger partial charge on any atom is 0.167 e. The zero-order valence-corrected chi connectivity index (χ0v) is 17.7. The average molecular weight is 406 g/mol. The first-order valence-electron chi connectivity index (χ1n) is 10.4. The Balaban J connectivity index is 1.32. The highest BCUT2D eigenvalue weighted by Gasteiger charge is 2.24. The van der Waals surface area contributed by atoms with Gasteiger partial charge in [-0.25, -0.2) is 9.97 Å². The van der Waals surface area contributed by atoms with Gasteiger partial charge in [-0.1, -0.05) is 41.6 Å². The van der Waals surface area contributed by atoms with E-state index in [9.17, 15) is 0 Å². The molecule has 2 aliphatic rings. The van der Waals surface area contributed by atoms with Gasteiger partial charge in [-0.3, -0.25) is 0 Å². The molecule has 0 saturated carbocycles. The molecule has 4 heterocycles. The number of piperidine rings is 1. The summed E-state index contributed by atoms with van der Waals surface area (Å²) in [6.07, 6.45) is 11.3. The van der Waals surface area contributed by atoms with Crippen molar-refractivity contribution < 1.29 is 0 Å². The summed E-state index contributed by atoms with van der Waals surface area (Å²) in [6.45, 7) is 4.39. The molecule has 2 aliphatic heterocycles. The van der Waals surface area contributed by atoms with Crippen LogP contribution in [-0.4, -0.2) is 49.4 Å². The standard InChI is InChI=1S/C23H27N5S/c1-26-14-9-25-23(26)29-17-16-27-11-6-19(7-12-27)21-20-5-3-2-4-18(20)8-13-28-15-10-24-22(21)28/h2-5,9-10,14-15H,6-8,11-13,16-17H2,1H3. The Morgan fingerprint density at radius 2 is 1.79 bits per heavy atom. The molecule has 5 rings (SSSR count). The normalized spacial score (nSPS) is 17.1. The van der Waals surface area contributed by atoms with Crippen molar-refractivity contribution in [2.75, 3.05) is 25.4 Å². The van der Waals surface area contributed by atoms with Gasteiger partial charge in [0.05, 0.1) is 0 Å². The van der Waals surface area contributed by atoms with Crippen LogP contribution in [0.1, 0.15) is 29.8 Å². The fourth-order valence-electron chi connectivity index (χ4n) is 4.46. The Hall–Kier alpha value is -2.31. The summed E-state index contributed by atoms with van der Waals surface area (Å²) in [5.74, 6) is 2.24. The smallest absolute Gasteiger partial charge is 0.167 e. The number of hydrogen-bond acceptors (Lipinski definition) is 4. The van der Waals surface area contributed by atoms with Crippen molar-refractivity contribution in [3.05, 3.63) is 71.6 Å². The Morgan fingerprint density at radius 1 is 0.966 bits per heavy atom. The summed E-state index contributed by atoms with van der Waals surface area (Å²) < 4.78 is 4.42. The molecule has 0 radical (unpaired) electrons. The first kappa shape index (κ1) is 18.7. The molecule has 0 N–H and O–H groups in total. The number of hydrogen-bond donors (Lipinski definition) is 0. The number of benzene rings is 1. The van der Waals surface area contributed by atoms with E-state index >= 15 is 0 Å². The lowest BCUT2D eigenvalue weighted by Gasteiger charge is -2.29. The lowest BCUT2D eigenvalue weighted by Crippen LogP contribution is -2.33. The Labute approximate surface area is 176 Å². The molecule has 6 heteroatoms. The zero-order valence-electron chi connectivity index (χ0n) is 16.9. The van der Waals surface area contributed by atoms with Gasteiger partial charge in [0.25, 0.3) is 0 Å². The van der Waals surface area contributed by atoms with Crippen LogP contribution in [0.2, 0.25) is 0 Å². The molecule has 2 aromatic heterocycles. The quantitative estimate of drug-likeness (QED) is 0.618. The molecule has 3 aromatic rings. The third kappa shape index (κ3) is 3.79. The minimum absolute atomic E-state index is 1.01. The molecule has 0 spiro atoms. The number of aryl methyl sites for hydroxylation is 3. The predicted octanol–water partition coefficient (Wildman–Crippen LogP) is 3.86. The van der Waals surface area contributed by atoms with Gasteiger partial charge >= 0.3 is 0 Å². The summed E-state index contributed by atoms with van der Waals surface area (Å²) in [5.41, 5.74) is 5.81. The minimum Gasteiger partial charge on any atom is -0.331 e. The topological polar surface area (TPSA) is 38.9 Å². The van der Waals surface area contributed by atoms with Gasteiger partial charge in [0, 0.05) is 69.3 Å². The Morgan fingerprint density at radius 3 is 2.62 bits per heavy atom. The highest BCUT2D eigenvalue weighted by molar-refractivity contribution is 7.99. The molecule has 1 aromatic carbocycles. The molecule has 5 nitrogen and oxygen atoms in total. The number of imidazole rings is 2. The largest absolute Gasteiger partial charge is 0.331 e. The number of nitrogens with zero attached hydrogens (tertiary/aromatic N) is 5. The van der Waals surface area contributed by atoms with Gasteiger partial charge in [-0.05, 0) is 30.4 Å². The SMILES string of the molecule is Cn1ccnc1SCCN1CCC(=C2c3ccccc3CCn3ccnc32)CC1. The number of thioether (sulfide) groups is 1. The highest BCUT2D eigenvalue weighted by Crippen LogP contribution is 2.35. The van der Waals surface area contributed by atoms with Crippen LogP contribution in [0.15, 0.2) is 59.8 Å². The molecule has 0 atom stereocenters. The van der Waals surface area contributed by atoms with Crippen LogP contribution in [0.25, 0.3) is 5.57 Å². The second kappa shape index (κ2) is 8.20. The van der Waals surface area contributed by atoms with E-state index in [4.69, 9.17) is 4.98 Å². The molecule has 1 saturated heterocycles. The molecular formula is C23H27N5S. The molecular weight excluding hydrogens is 378 g/mol. The maximum atomic E-state index is 4.76. The summed E-state index contributed by atoms with van der Waals surface area (Å²) in [6, 6.07) is 8.91. The summed E-state index contributed by atoms with van der Waals surface area (Å²) >= 11 is 1.85. The third-order valence-corrected chi connectivity index (χ3v) is 7.11. The molecule has 0 unspecified atom stereocenters. The van der Waals surface area contributed by atoms with Crippen LogP contribution in [0.4, 0.5) is 0 Å². The van der Waals surface area contributed by atoms with E-state index in [0.29, 0.717) is 0 Å². The van der Waals surface area contributed by atoms with Gasteiger partial charge in [0.2, 0.25) is 0 Å². The Bertz CT molecular complexity index is 1020. The zero-order chi connectivity index (χ0) is 19.6. The number of rotatable bonds is 4. The van der Waals surface area contributed by atoms with Crippen molar-refractivity contribution in [3.8, 4) is 0 Å². The second-order valence-corrected chi connectivity index (χ2v) is 8.90. The summed E-state index contributed by atoms with van der Waals surface area (Å²) in [7, 11) is 2.06. The van der Waals surface area contributed by atoms with Crippen LogP contribution in [-0.2, 0) is 20.0 Å². The summed E-state index contributed by atoms with van der Waals surface area (Å²) in [4.78, 5) is 11.8. The number of likely N-dealkylation sites (tertiary alicyclic amines) is 1. The van der Waals surface area contributed by atoms with Crippen molar-refractivity contribution >= 4 is 17.3 Å². The molecule has 0 bridgehead atoms. The monoisotopic (exact) mass is 405 g/mol. The van der Waals surface area contributed by atoms with Gasteiger partial charge in [-0.2, -0.15) is 0 Å². The maximum absolute atomic E-state index is 4.76. The fourth-order valence-corrected chi connectivity index (χ4v) is 5.40. The van der Waals surface area contributed by atoms with Crippen molar-refractivity contribution in [3.63, 3.8) is 0 Å². The van der Waals surface area contributed by atoms with Gasteiger partial charge < -0.3 is 14.0 Å². The molecule has 0 amide bonds. The number of aromatic nitrogens is 4. The average Bonchev–Trinajstić information content (AvgIpc) is 3.34. The number of fused-ring (bicyclic) bond motifs is 2. The van der Waals surface area contributed by atoms with Gasteiger partial charge in [0.15, 0.2) is 5.16 Å². The van der Waals surface area contributed by atoms with Crippen LogP contribution in [0.3, 0.4) is 0 Å². The lowest BCUT2D eigenvalue weighted by molar-refractivity contribution is 0.272. The fraction of sp³-hybridized carbons (Fsp3) is 0.391. The predicted molar refractivity (Wildman–Crippen MR) is 118 cm³/mol. The molecule has 0 aliphatic carbocycles. The van der Waals surface area contributed by atoms with E-state index in [0.717, 1.165) is 62.2 Å². The molecule has 150 valence electrons. The minimum atomic E-state index is 1.01. The van der Waals surface area contributed by atoms with Crippen molar-refractivity contribution in [2.45, 2.75) is 31.0 Å². The highest BCUT2D eigenvalue weighted by atomic mass is 32.2. The second-order valence-electron chi connectivity index (χ2n) is 7.84. The molecule has 29 heavy (non-hydrogen) atoms.